The largest absolute Gasteiger partial charge is 0.480 e. The molecule has 0 saturated carbocycles. The van der Waals surface area contributed by atoms with E-state index in [-0.39, 0.29) is 6.04 Å². The number of carbonyl (C=O) groups excluding carboxylic acids is 2. The van der Waals surface area contributed by atoms with Crippen molar-refractivity contribution in [1.82, 2.24) is 20.4 Å². The van der Waals surface area contributed by atoms with Crippen LogP contribution in [0.1, 0.15) is 0 Å². The lowest BCUT2D eigenvalue weighted by molar-refractivity contribution is -0.143. The number of piperazine rings is 1. The number of carboxylic acids is 1. The molecule has 3 amide bonds. The van der Waals surface area contributed by atoms with E-state index in [1.807, 2.05) is 14.1 Å². The molecule has 0 bridgehead atoms. The van der Waals surface area contributed by atoms with Gasteiger partial charge in [0, 0.05) is 32.2 Å². The van der Waals surface area contributed by atoms with Crippen LogP contribution >= 0.6 is 0 Å². The second kappa shape index (κ2) is 8.55. The lowest BCUT2D eigenvalue weighted by atomic mass is 10.2. The SMILES string of the molecule is CN1CCN(C)C(CNC(=O)NC(=O)COCC(=O)O)C1. The highest BCUT2D eigenvalue weighted by molar-refractivity contribution is 5.94. The zero-order valence-corrected chi connectivity index (χ0v) is 12.3. The first-order chi connectivity index (χ1) is 9.88. The summed E-state index contributed by atoms with van der Waals surface area (Å²) in [6, 6.07) is -0.423. The van der Waals surface area contributed by atoms with Crippen molar-refractivity contribution < 1.29 is 24.2 Å². The van der Waals surface area contributed by atoms with Gasteiger partial charge in [0.2, 0.25) is 0 Å². The number of carboxylic acid groups (broad SMARTS) is 1. The van der Waals surface area contributed by atoms with Crippen LogP contribution < -0.4 is 10.6 Å². The van der Waals surface area contributed by atoms with Gasteiger partial charge in [-0.2, -0.15) is 0 Å². The number of likely N-dealkylation sites (N-methyl/N-ethyl adjacent to an activating group) is 2. The Morgan fingerprint density at radius 2 is 1.95 bits per heavy atom. The topological polar surface area (TPSA) is 111 Å². The van der Waals surface area contributed by atoms with Crippen LogP contribution in [0.15, 0.2) is 0 Å². The maximum atomic E-state index is 11.5. The van der Waals surface area contributed by atoms with E-state index < -0.39 is 31.1 Å². The fourth-order valence-corrected chi connectivity index (χ4v) is 1.97. The molecule has 0 aromatic heterocycles. The van der Waals surface area contributed by atoms with Crippen LogP contribution in [-0.4, -0.2) is 92.3 Å². The number of ether oxygens (including phenoxy) is 1. The number of hydrogen-bond acceptors (Lipinski definition) is 6. The summed E-state index contributed by atoms with van der Waals surface area (Å²) in [7, 11) is 4.01. The Labute approximate surface area is 123 Å². The number of hydrogen-bond donors (Lipinski definition) is 3. The molecule has 21 heavy (non-hydrogen) atoms. The Hall–Kier alpha value is -1.71. The Morgan fingerprint density at radius 3 is 2.62 bits per heavy atom. The van der Waals surface area contributed by atoms with E-state index in [4.69, 9.17) is 5.11 Å². The van der Waals surface area contributed by atoms with Crippen LogP contribution in [0.25, 0.3) is 0 Å². The molecular weight excluding hydrogens is 280 g/mol. The summed E-state index contributed by atoms with van der Waals surface area (Å²) in [5.74, 6) is -1.85. The maximum Gasteiger partial charge on any atom is 0.329 e. The molecule has 0 aromatic carbocycles. The molecule has 0 radical (unpaired) electrons. The molecule has 9 heteroatoms. The molecule has 1 aliphatic rings. The first-order valence-corrected chi connectivity index (χ1v) is 6.64. The number of carbonyl (C=O) groups is 3. The number of aliphatic carboxylic acids is 1. The van der Waals surface area contributed by atoms with E-state index in [2.05, 4.69) is 25.2 Å². The highest BCUT2D eigenvalue weighted by atomic mass is 16.5. The van der Waals surface area contributed by atoms with Gasteiger partial charge in [-0.25, -0.2) is 9.59 Å². The van der Waals surface area contributed by atoms with Gasteiger partial charge in [-0.05, 0) is 14.1 Å². The third-order valence-corrected chi connectivity index (χ3v) is 3.19. The summed E-state index contributed by atoms with van der Waals surface area (Å²) >= 11 is 0. The van der Waals surface area contributed by atoms with Crippen LogP contribution in [0, 0.1) is 0 Å². The van der Waals surface area contributed by atoms with Crippen molar-refractivity contribution in [2.24, 2.45) is 0 Å². The van der Waals surface area contributed by atoms with Gasteiger partial charge in [-0.15, -0.1) is 0 Å². The Morgan fingerprint density at radius 1 is 1.24 bits per heavy atom. The zero-order valence-electron chi connectivity index (χ0n) is 12.3. The van der Waals surface area contributed by atoms with Crippen molar-refractivity contribution in [2.75, 3.05) is 53.5 Å². The summed E-state index contributed by atoms with van der Waals surface area (Å²) in [6.45, 7) is 2.13. The molecule has 120 valence electrons. The van der Waals surface area contributed by atoms with Crippen molar-refractivity contribution in [3.63, 3.8) is 0 Å². The van der Waals surface area contributed by atoms with Crippen molar-refractivity contribution in [3.8, 4) is 0 Å². The molecule has 9 nitrogen and oxygen atoms in total. The zero-order chi connectivity index (χ0) is 15.8. The standard InChI is InChI=1S/C12H22N4O5/c1-15-3-4-16(2)9(6-15)5-13-12(20)14-10(17)7-21-8-11(18)19/h9H,3-8H2,1-2H3,(H,18,19)(H2,13,14,17,20). The molecule has 0 spiro atoms. The lowest BCUT2D eigenvalue weighted by Gasteiger charge is -2.37. The summed E-state index contributed by atoms with van der Waals surface area (Å²) in [5.41, 5.74) is 0. The van der Waals surface area contributed by atoms with Crippen molar-refractivity contribution in [3.05, 3.63) is 0 Å². The first kappa shape index (κ1) is 17.3. The molecule has 1 aliphatic heterocycles. The van der Waals surface area contributed by atoms with Gasteiger partial charge in [0.05, 0.1) is 0 Å². The number of amides is 3. The minimum absolute atomic E-state index is 0.188. The Kier molecular flexibility index (Phi) is 7.06. The van der Waals surface area contributed by atoms with Crippen LogP contribution in [-0.2, 0) is 14.3 Å². The third-order valence-electron chi connectivity index (χ3n) is 3.19. The summed E-state index contributed by atoms with van der Waals surface area (Å²) in [4.78, 5) is 37.3. The second-order valence-electron chi connectivity index (χ2n) is 5.04. The van der Waals surface area contributed by atoms with Crippen LogP contribution in [0.2, 0.25) is 0 Å². The summed E-state index contributed by atoms with van der Waals surface area (Å²) in [6.07, 6.45) is 0. The smallest absolute Gasteiger partial charge is 0.329 e. The van der Waals surface area contributed by atoms with Crippen LogP contribution in [0.4, 0.5) is 4.79 Å². The Bertz CT molecular complexity index is 390. The second-order valence-corrected chi connectivity index (χ2v) is 5.04. The molecule has 3 N–H and O–H groups in total. The van der Waals surface area contributed by atoms with E-state index in [1.165, 1.54) is 0 Å². The summed E-state index contributed by atoms with van der Waals surface area (Å²) in [5, 5.41) is 13.0. The molecular formula is C12H22N4O5. The Balaban J connectivity index is 2.21. The summed E-state index contributed by atoms with van der Waals surface area (Å²) < 4.78 is 4.58. The average molecular weight is 302 g/mol. The van der Waals surface area contributed by atoms with Crippen LogP contribution in [0.5, 0.6) is 0 Å². The fraction of sp³-hybridized carbons (Fsp3) is 0.750. The van der Waals surface area contributed by atoms with Gasteiger partial charge in [-0.1, -0.05) is 0 Å². The molecule has 1 atom stereocenters. The van der Waals surface area contributed by atoms with E-state index >= 15 is 0 Å². The van der Waals surface area contributed by atoms with E-state index in [0.717, 1.165) is 19.6 Å². The maximum absolute atomic E-state index is 11.5. The van der Waals surface area contributed by atoms with Crippen molar-refractivity contribution >= 4 is 17.9 Å². The fourth-order valence-electron chi connectivity index (χ4n) is 1.97. The molecule has 1 rings (SSSR count). The quantitative estimate of drug-likeness (QED) is 0.528. The highest BCUT2D eigenvalue weighted by Crippen LogP contribution is 2.04. The predicted molar refractivity (Wildman–Crippen MR) is 73.9 cm³/mol. The number of rotatable bonds is 6. The van der Waals surface area contributed by atoms with Gasteiger partial charge in [0.1, 0.15) is 13.2 Å². The first-order valence-electron chi connectivity index (χ1n) is 6.64. The van der Waals surface area contributed by atoms with Crippen LogP contribution in [0.3, 0.4) is 0 Å². The molecule has 1 unspecified atom stereocenters. The van der Waals surface area contributed by atoms with E-state index in [0.29, 0.717) is 6.54 Å². The van der Waals surface area contributed by atoms with Gasteiger partial charge in [-0.3, -0.25) is 15.0 Å². The number of urea groups is 1. The molecule has 1 heterocycles. The molecule has 0 aliphatic carbocycles. The average Bonchev–Trinajstić information content (AvgIpc) is 2.39. The molecule has 1 saturated heterocycles. The minimum Gasteiger partial charge on any atom is -0.480 e. The molecule has 1 fully saturated rings. The lowest BCUT2D eigenvalue weighted by Crippen LogP contribution is -2.55. The number of nitrogens with one attached hydrogen (secondary N) is 2. The highest BCUT2D eigenvalue weighted by Gasteiger charge is 2.22. The van der Waals surface area contributed by atoms with Gasteiger partial charge in [0.15, 0.2) is 0 Å². The van der Waals surface area contributed by atoms with Gasteiger partial charge >= 0.3 is 12.0 Å². The minimum atomic E-state index is -1.17. The normalized spacial score (nSPS) is 20.0. The van der Waals surface area contributed by atoms with Crippen molar-refractivity contribution in [1.29, 1.82) is 0 Å². The van der Waals surface area contributed by atoms with Gasteiger partial charge in [0.25, 0.3) is 5.91 Å². The van der Waals surface area contributed by atoms with Crippen molar-refractivity contribution in [2.45, 2.75) is 6.04 Å². The number of nitrogens with zero attached hydrogens (tertiary/aromatic N) is 2. The number of imide groups is 1. The third kappa shape index (κ3) is 7.02. The van der Waals surface area contributed by atoms with Gasteiger partial charge < -0.3 is 20.1 Å². The predicted octanol–water partition coefficient (Wildman–Crippen LogP) is -1.84. The van der Waals surface area contributed by atoms with E-state index in [1.54, 1.807) is 0 Å². The molecule has 0 aromatic rings. The van der Waals surface area contributed by atoms with E-state index in [9.17, 15) is 14.4 Å². The monoisotopic (exact) mass is 302 g/mol.